The van der Waals surface area contributed by atoms with E-state index in [2.05, 4.69) is 26.6 Å². The molecular formula is C10H12BrN3O5S. The normalized spacial score (nSPS) is 10.9. The molecule has 1 rings (SSSR count). The van der Waals surface area contributed by atoms with Crippen LogP contribution in [0.2, 0.25) is 0 Å². The van der Waals surface area contributed by atoms with Gasteiger partial charge in [0.2, 0.25) is 10.0 Å². The first kappa shape index (κ1) is 16.4. The average molecular weight is 366 g/mol. The van der Waals surface area contributed by atoms with Crippen LogP contribution in [-0.4, -0.2) is 37.8 Å². The van der Waals surface area contributed by atoms with Gasteiger partial charge in [0.05, 0.1) is 11.3 Å². The highest BCUT2D eigenvalue weighted by Gasteiger charge is 2.09. The molecule has 0 aliphatic carbocycles. The summed E-state index contributed by atoms with van der Waals surface area (Å²) >= 11 is 3.12. The van der Waals surface area contributed by atoms with Crippen LogP contribution < -0.4 is 15.8 Å². The summed E-state index contributed by atoms with van der Waals surface area (Å²) in [6.07, 6.45) is 0. The molecule has 0 unspecified atom stereocenters. The molecule has 110 valence electrons. The first-order valence-electron chi connectivity index (χ1n) is 5.26. The maximum Gasteiger partial charge on any atom is 0.335 e. The van der Waals surface area contributed by atoms with E-state index in [4.69, 9.17) is 10.2 Å². The number of nitrogens with one attached hydrogen (secondary N) is 2. The van der Waals surface area contributed by atoms with Gasteiger partial charge in [-0.25, -0.2) is 23.1 Å². The standard InChI is InChI=1S/C10H12BrN3O5S/c11-7-3-6(9(15)16)4-8(5-7)14-10(17)13-1-2-20(12,18)19/h3-5H,1-2H2,(H,15,16)(H2,12,18,19)(H2,13,14,17). The van der Waals surface area contributed by atoms with Crippen molar-refractivity contribution in [2.45, 2.75) is 0 Å². The second-order valence-corrected chi connectivity index (χ2v) is 6.43. The molecule has 10 heteroatoms. The molecule has 0 heterocycles. The van der Waals surface area contributed by atoms with Gasteiger partial charge in [-0.15, -0.1) is 0 Å². The molecule has 5 N–H and O–H groups in total. The van der Waals surface area contributed by atoms with Gasteiger partial charge in [-0.2, -0.15) is 0 Å². The topological polar surface area (TPSA) is 139 Å². The Balaban J connectivity index is 2.64. The highest BCUT2D eigenvalue weighted by Crippen LogP contribution is 2.19. The molecule has 1 aromatic carbocycles. The van der Waals surface area contributed by atoms with Gasteiger partial charge in [-0.3, -0.25) is 0 Å². The first-order chi connectivity index (χ1) is 9.17. The summed E-state index contributed by atoms with van der Waals surface area (Å²) in [5.41, 5.74) is 0.254. The van der Waals surface area contributed by atoms with Crippen LogP contribution in [0.3, 0.4) is 0 Å². The molecule has 0 aliphatic rings. The third kappa shape index (κ3) is 5.99. The van der Waals surface area contributed by atoms with E-state index in [0.717, 1.165) is 0 Å². The largest absolute Gasteiger partial charge is 0.478 e. The van der Waals surface area contributed by atoms with Crippen LogP contribution in [0.5, 0.6) is 0 Å². The molecule has 0 radical (unpaired) electrons. The maximum atomic E-state index is 11.5. The lowest BCUT2D eigenvalue weighted by molar-refractivity contribution is 0.0696. The number of primary sulfonamides is 1. The number of sulfonamides is 1. The molecular weight excluding hydrogens is 354 g/mol. The quantitative estimate of drug-likeness (QED) is 0.603. The minimum atomic E-state index is -3.65. The molecule has 0 spiro atoms. The smallest absolute Gasteiger partial charge is 0.335 e. The predicted octanol–water partition coefficient (Wildman–Crippen LogP) is 0.557. The highest BCUT2D eigenvalue weighted by molar-refractivity contribution is 9.10. The summed E-state index contributed by atoms with van der Waals surface area (Å²) in [6.45, 7) is -0.148. The average Bonchev–Trinajstić information content (AvgIpc) is 2.25. The van der Waals surface area contributed by atoms with Gasteiger partial charge in [0.15, 0.2) is 0 Å². The van der Waals surface area contributed by atoms with Crippen molar-refractivity contribution >= 4 is 43.6 Å². The van der Waals surface area contributed by atoms with Gasteiger partial charge in [-0.05, 0) is 18.2 Å². The number of carboxylic acid groups (broad SMARTS) is 1. The number of rotatable bonds is 5. The Hall–Kier alpha value is -1.65. The number of anilines is 1. The van der Waals surface area contributed by atoms with E-state index in [1.54, 1.807) is 0 Å². The van der Waals surface area contributed by atoms with Crippen molar-refractivity contribution in [3.63, 3.8) is 0 Å². The Morgan fingerprint density at radius 3 is 2.50 bits per heavy atom. The minimum absolute atomic E-state index is 0.000731. The van der Waals surface area contributed by atoms with E-state index in [0.29, 0.717) is 4.47 Å². The van der Waals surface area contributed by atoms with Crippen molar-refractivity contribution in [1.29, 1.82) is 0 Å². The number of hydrogen-bond donors (Lipinski definition) is 4. The molecule has 20 heavy (non-hydrogen) atoms. The summed E-state index contributed by atoms with van der Waals surface area (Å²) < 4.78 is 21.8. The minimum Gasteiger partial charge on any atom is -0.478 e. The number of amides is 2. The van der Waals surface area contributed by atoms with Crippen LogP contribution in [0.1, 0.15) is 10.4 Å². The SMILES string of the molecule is NS(=O)(=O)CCNC(=O)Nc1cc(Br)cc(C(=O)O)c1. The molecule has 1 aromatic rings. The number of carboxylic acids is 1. The van der Waals surface area contributed by atoms with Crippen LogP contribution >= 0.6 is 15.9 Å². The Morgan fingerprint density at radius 2 is 1.95 bits per heavy atom. The lowest BCUT2D eigenvalue weighted by Crippen LogP contribution is -2.34. The fourth-order valence-electron chi connectivity index (χ4n) is 1.27. The number of aromatic carboxylic acids is 1. The maximum absolute atomic E-state index is 11.5. The molecule has 0 saturated heterocycles. The zero-order valence-corrected chi connectivity index (χ0v) is 12.5. The number of carbonyl (C=O) groups is 2. The van der Waals surface area contributed by atoms with Gasteiger partial charge in [0.1, 0.15) is 0 Å². The number of urea groups is 1. The van der Waals surface area contributed by atoms with Crippen molar-refractivity contribution in [1.82, 2.24) is 5.32 Å². The van der Waals surface area contributed by atoms with Crippen molar-refractivity contribution < 1.29 is 23.1 Å². The van der Waals surface area contributed by atoms with E-state index < -0.39 is 22.0 Å². The molecule has 0 saturated carbocycles. The summed E-state index contributed by atoms with van der Waals surface area (Å²) in [7, 11) is -3.65. The van der Waals surface area contributed by atoms with E-state index >= 15 is 0 Å². The van der Waals surface area contributed by atoms with Crippen molar-refractivity contribution in [2.75, 3.05) is 17.6 Å². The number of halogens is 1. The van der Waals surface area contributed by atoms with Gasteiger partial charge in [0.25, 0.3) is 0 Å². The van der Waals surface area contributed by atoms with Gasteiger partial charge in [-0.1, -0.05) is 15.9 Å². The van der Waals surface area contributed by atoms with Crippen LogP contribution in [-0.2, 0) is 10.0 Å². The number of nitrogens with two attached hydrogens (primary N) is 1. The van der Waals surface area contributed by atoms with Crippen LogP contribution in [0.4, 0.5) is 10.5 Å². The summed E-state index contributed by atoms with van der Waals surface area (Å²) in [5, 5.41) is 18.3. The fraction of sp³-hybridized carbons (Fsp3) is 0.200. The van der Waals surface area contributed by atoms with Crippen molar-refractivity contribution in [2.24, 2.45) is 5.14 Å². The van der Waals surface area contributed by atoms with Gasteiger partial charge < -0.3 is 15.7 Å². The van der Waals surface area contributed by atoms with Crippen molar-refractivity contribution in [3.8, 4) is 0 Å². The third-order valence-electron chi connectivity index (χ3n) is 2.07. The molecule has 0 bridgehead atoms. The predicted molar refractivity (Wildman–Crippen MR) is 76.1 cm³/mol. The zero-order valence-electron chi connectivity index (χ0n) is 10.1. The Bertz CT molecular complexity index is 632. The Labute approximate surface area is 123 Å². The Morgan fingerprint density at radius 1 is 1.30 bits per heavy atom. The summed E-state index contributed by atoms with van der Waals surface area (Å²) in [6, 6.07) is 3.49. The van der Waals surface area contributed by atoms with E-state index in [-0.39, 0.29) is 23.5 Å². The van der Waals surface area contributed by atoms with Crippen LogP contribution in [0.15, 0.2) is 22.7 Å². The monoisotopic (exact) mass is 365 g/mol. The fourth-order valence-corrected chi connectivity index (χ4v) is 2.15. The molecule has 0 aliphatic heterocycles. The lowest BCUT2D eigenvalue weighted by Gasteiger charge is -2.08. The van der Waals surface area contributed by atoms with Crippen LogP contribution in [0, 0.1) is 0 Å². The number of hydrogen-bond acceptors (Lipinski definition) is 4. The summed E-state index contributed by atoms with van der Waals surface area (Å²) in [4.78, 5) is 22.3. The van der Waals surface area contributed by atoms with Gasteiger partial charge in [0, 0.05) is 16.7 Å². The van der Waals surface area contributed by atoms with Gasteiger partial charge >= 0.3 is 12.0 Å². The zero-order chi connectivity index (χ0) is 15.3. The lowest BCUT2D eigenvalue weighted by atomic mass is 10.2. The van der Waals surface area contributed by atoms with E-state index in [9.17, 15) is 18.0 Å². The summed E-state index contributed by atoms with van der Waals surface area (Å²) in [5.74, 6) is -1.52. The molecule has 2 amide bonds. The molecule has 8 nitrogen and oxygen atoms in total. The second kappa shape index (κ2) is 6.68. The Kier molecular flexibility index (Phi) is 5.48. The van der Waals surface area contributed by atoms with Crippen molar-refractivity contribution in [3.05, 3.63) is 28.2 Å². The van der Waals surface area contributed by atoms with E-state index in [1.807, 2.05) is 0 Å². The second-order valence-electron chi connectivity index (χ2n) is 3.78. The van der Waals surface area contributed by atoms with E-state index in [1.165, 1.54) is 18.2 Å². The van der Waals surface area contributed by atoms with Crippen LogP contribution in [0.25, 0.3) is 0 Å². The third-order valence-corrected chi connectivity index (χ3v) is 3.31. The molecule has 0 fully saturated rings. The molecule has 0 atom stereocenters. The first-order valence-corrected chi connectivity index (χ1v) is 7.77. The molecule has 0 aromatic heterocycles. The number of benzene rings is 1. The highest BCUT2D eigenvalue weighted by atomic mass is 79.9. The number of carbonyl (C=O) groups excluding carboxylic acids is 1.